The Morgan fingerprint density at radius 2 is 2.06 bits per heavy atom. The Morgan fingerprint density at radius 1 is 1.25 bits per heavy atom. The molecule has 1 aromatic carbocycles. The number of carbonyl (C=O) groups is 1. The fraction of sp³-hybridized carbons (Fsp3) is 0.444. The summed E-state index contributed by atoms with van der Waals surface area (Å²) in [6, 6.07) is 4.94. The minimum Gasteiger partial charge on any atom is -0.458 e. The molecule has 3 aliphatic rings. The first-order valence-corrected chi connectivity index (χ1v) is 12.4. The topological polar surface area (TPSA) is 105 Å². The third-order valence-corrected chi connectivity index (χ3v) is 8.16. The molecule has 2 aromatic heterocycles. The molecule has 3 aromatic rings. The van der Waals surface area contributed by atoms with E-state index < -0.39 is 11.6 Å². The maximum absolute atomic E-state index is 14.6. The summed E-state index contributed by atoms with van der Waals surface area (Å²) in [4.78, 5) is 33.0. The number of benzene rings is 1. The van der Waals surface area contributed by atoms with E-state index in [2.05, 4.69) is 4.90 Å². The zero-order valence-electron chi connectivity index (χ0n) is 20.3. The fourth-order valence-electron chi connectivity index (χ4n) is 5.99. The molecule has 6 rings (SSSR count). The summed E-state index contributed by atoms with van der Waals surface area (Å²) in [6.07, 6.45) is 1.96. The molecule has 1 saturated heterocycles. The molecule has 2 N–H and O–H groups in total. The van der Waals surface area contributed by atoms with Crippen LogP contribution in [0.2, 0.25) is 0 Å². The minimum absolute atomic E-state index is 0.0481. The van der Waals surface area contributed by atoms with Gasteiger partial charge in [0, 0.05) is 35.2 Å². The van der Waals surface area contributed by atoms with Crippen LogP contribution >= 0.6 is 0 Å². The van der Waals surface area contributed by atoms with E-state index in [0.717, 1.165) is 35.9 Å². The van der Waals surface area contributed by atoms with Crippen molar-refractivity contribution in [1.29, 1.82) is 0 Å². The van der Waals surface area contributed by atoms with Crippen molar-refractivity contribution in [3.05, 3.63) is 62.2 Å². The standard InChI is InChI=1S/C27H28FN3O5/c1-3-27(35)20-8-23-24-18(11-31(23)25(33)19(20)13-36-26(27)34)17(10-30-6-4-5-15(30)12-32)16-7-14(2)21(28)9-22(16)29-24/h7-9,15,32,35H,3-6,10-13H2,1-2H3/t15-,27+/m1/s1. The van der Waals surface area contributed by atoms with Crippen LogP contribution < -0.4 is 5.56 Å². The number of aromatic nitrogens is 2. The number of cyclic esters (lactones) is 1. The minimum atomic E-state index is -1.90. The van der Waals surface area contributed by atoms with Gasteiger partial charge in [-0.05, 0) is 56.0 Å². The van der Waals surface area contributed by atoms with Crippen molar-refractivity contribution in [2.75, 3.05) is 13.2 Å². The zero-order chi connectivity index (χ0) is 25.4. The summed E-state index contributed by atoms with van der Waals surface area (Å²) in [5, 5.41) is 21.8. The second-order valence-electron chi connectivity index (χ2n) is 10.1. The first-order chi connectivity index (χ1) is 17.3. The van der Waals surface area contributed by atoms with Gasteiger partial charge in [-0.3, -0.25) is 9.69 Å². The third-order valence-electron chi connectivity index (χ3n) is 8.16. The number of aryl methyl sites for hydroxylation is 1. The number of pyridine rings is 2. The van der Waals surface area contributed by atoms with Crippen LogP contribution in [-0.4, -0.2) is 49.8 Å². The molecule has 0 saturated carbocycles. The highest BCUT2D eigenvalue weighted by Gasteiger charge is 2.45. The number of ether oxygens (including phenoxy) is 1. The van der Waals surface area contributed by atoms with Gasteiger partial charge in [0.05, 0.1) is 35.6 Å². The largest absolute Gasteiger partial charge is 0.458 e. The van der Waals surface area contributed by atoms with Crippen LogP contribution in [0.3, 0.4) is 0 Å². The molecule has 1 fully saturated rings. The predicted octanol–water partition coefficient (Wildman–Crippen LogP) is 2.48. The number of nitrogens with zero attached hydrogens (tertiary/aromatic N) is 3. The van der Waals surface area contributed by atoms with Gasteiger partial charge < -0.3 is 19.5 Å². The summed E-state index contributed by atoms with van der Waals surface area (Å²) in [7, 11) is 0. The van der Waals surface area contributed by atoms with Crippen molar-refractivity contribution in [3.63, 3.8) is 0 Å². The van der Waals surface area contributed by atoms with Gasteiger partial charge in [0.2, 0.25) is 0 Å². The Morgan fingerprint density at radius 3 is 2.81 bits per heavy atom. The molecule has 0 radical (unpaired) electrons. The molecule has 0 amide bonds. The molecule has 36 heavy (non-hydrogen) atoms. The number of rotatable bonds is 4. The van der Waals surface area contributed by atoms with Crippen molar-refractivity contribution >= 4 is 16.9 Å². The molecular formula is C27H28FN3O5. The van der Waals surface area contributed by atoms with Crippen molar-refractivity contribution in [2.45, 2.75) is 64.4 Å². The van der Waals surface area contributed by atoms with Crippen LogP contribution in [0.25, 0.3) is 22.3 Å². The van der Waals surface area contributed by atoms with Crippen molar-refractivity contribution in [3.8, 4) is 11.4 Å². The van der Waals surface area contributed by atoms with Crippen LogP contribution in [0.4, 0.5) is 4.39 Å². The second kappa shape index (κ2) is 8.19. The molecule has 0 unspecified atom stereocenters. The SMILES string of the molecule is CC[C@@]1(O)C(=O)OCc2c1cc1n(c2=O)Cc2c-1nc1cc(F)c(C)cc1c2CN1CCC[C@@H]1CO. The van der Waals surface area contributed by atoms with E-state index in [4.69, 9.17) is 9.72 Å². The summed E-state index contributed by atoms with van der Waals surface area (Å²) in [5.74, 6) is -1.13. The number of likely N-dealkylation sites (tertiary alicyclic amines) is 1. The van der Waals surface area contributed by atoms with Crippen LogP contribution in [-0.2, 0) is 34.8 Å². The predicted molar refractivity (Wildman–Crippen MR) is 130 cm³/mol. The molecule has 5 heterocycles. The lowest BCUT2D eigenvalue weighted by Gasteiger charge is -2.31. The summed E-state index contributed by atoms with van der Waals surface area (Å²) < 4.78 is 21.4. The number of carbonyl (C=O) groups excluding carboxylic acids is 1. The Balaban J connectivity index is 1.60. The van der Waals surface area contributed by atoms with Crippen LogP contribution in [0.5, 0.6) is 0 Å². The highest BCUT2D eigenvalue weighted by atomic mass is 19.1. The summed E-state index contributed by atoms with van der Waals surface area (Å²) >= 11 is 0. The summed E-state index contributed by atoms with van der Waals surface area (Å²) in [6.45, 7) is 4.92. The first-order valence-electron chi connectivity index (χ1n) is 12.4. The molecule has 0 aliphatic carbocycles. The Bertz CT molecular complexity index is 1500. The van der Waals surface area contributed by atoms with E-state index in [1.807, 2.05) is 0 Å². The fourth-order valence-corrected chi connectivity index (χ4v) is 5.99. The molecule has 0 spiro atoms. The number of halogens is 1. The Kier molecular flexibility index (Phi) is 5.30. The molecule has 0 bridgehead atoms. The van der Waals surface area contributed by atoms with Gasteiger partial charge in [-0.1, -0.05) is 6.92 Å². The van der Waals surface area contributed by atoms with E-state index in [9.17, 15) is 24.2 Å². The number of fused-ring (bicyclic) bond motifs is 5. The van der Waals surface area contributed by atoms with E-state index in [1.165, 1.54) is 6.07 Å². The second-order valence-corrected chi connectivity index (χ2v) is 10.1. The van der Waals surface area contributed by atoms with Crippen molar-refractivity contribution in [2.24, 2.45) is 0 Å². The first kappa shape index (κ1) is 23.3. The molecular weight excluding hydrogens is 465 g/mol. The van der Waals surface area contributed by atoms with Gasteiger partial charge >= 0.3 is 5.97 Å². The smallest absolute Gasteiger partial charge is 0.343 e. The number of aliphatic hydroxyl groups is 2. The van der Waals surface area contributed by atoms with Crippen LogP contribution in [0.15, 0.2) is 23.0 Å². The quantitative estimate of drug-likeness (QED) is 0.421. The highest BCUT2D eigenvalue weighted by Crippen LogP contribution is 2.41. The number of aliphatic hydroxyl groups excluding tert-OH is 1. The molecule has 8 nitrogen and oxygen atoms in total. The molecule has 9 heteroatoms. The molecule has 2 atom stereocenters. The van der Waals surface area contributed by atoms with Gasteiger partial charge in [-0.25, -0.2) is 14.2 Å². The van der Waals surface area contributed by atoms with E-state index >= 15 is 0 Å². The van der Waals surface area contributed by atoms with Crippen molar-refractivity contribution < 1.29 is 24.1 Å². The normalized spacial score (nSPS) is 23.0. The number of hydrogen-bond donors (Lipinski definition) is 2. The average molecular weight is 494 g/mol. The zero-order valence-corrected chi connectivity index (χ0v) is 20.3. The summed E-state index contributed by atoms with van der Waals surface area (Å²) in [5.41, 5.74) is 2.16. The lowest BCUT2D eigenvalue weighted by atomic mass is 9.86. The van der Waals surface area contributed by atoms with Crippen molar-refractivity contribution in [1.82, 2.24) is 14.5 Å². The van der Waals surface area contributed by atoms with Gasteiger partial charge in [-0.15, -0.1) is 0 Å². The maximum Gasteiger partial charge on any atom is 0.343 e. The highest BCUT2D eigenvalue weighted by molar-refractivity contribution is 5.89. The average Bonchev–Trinajstić information content (AvgIpc) is 3.47. The van der Waals surface area contributed by atoms with Gasteiger partial charge in [0.15, 0.2) is 5.60 Å². The van der Waals surface area contributed by atoms with Crippen LogP contribution in [0.1, 0.15) is 54.0 Å². The van der Waals surface area contributed by atoms with Gasteiger partial charge in [0.1, 0.15) is 12.4 Å². The third kappa shape index (κ3) is 3.19. The Hall–Kier alpha value is -3.14. The number of hydrogen-bond acceptors (Lipinski definition) is 7. The van der Waals surface area contributed by atoms with E-state index in [-0.39, 0.29) is 54.7 Å². The van der Waals surface area contributed by atoms with Gasteiger partial charge in [-0.2, -0.15) is 0 Å². The van der Waals surface area contributed by atoms with E-state index in [1.54, 1.807) is 30.5 Å². The number of esters is 1. The maximum atomic E-state index is 14.6. The monoisotopic (exact) mass is 493 g/mol. The van der Waals surface area contributed by atoms with Gasteiger partial charge in [0.25, 0.3) is 5.56 Å². The lowest BCUT2D eigenvalue weighted by Crippen LogP contribution is -2.44. The molecule has 3 aliphatic heterocycles. The Labute approximate surface area is 206 Å². The van der Waals surface area contributed by atoms with Crippen LogP contribution in [0, 0.1) is 12.7 Å². The van der Waals surface area contributed by atoms with E-state index in [0.29, 0.717) is 29.0 Å². The lowest BCUT2D eigenvalue weighted by molar-refractivity contribution is -0.172. The molecule has 188 valence electrons.